The SMILES string of the molecule is O[Si](O)(c1ccccc1)c1ccccc1.[LiH]. The van der Waals surface area contributed by atoms with Gasteiger partial charge in [-0.1, -0.05) is 60.7 Å². The third kappa shape index (κ3) is 2.64. The molecule has 2 rings (SSSR count). The second-order valence-electron chi connectivity index (χ2n) is 3.40. The first-order valence-corrected chi connectivity index (χ1v) is 6.66. The summed E-state index contributed by atoms with van der Waals surface area (Å²) in [5.74, 6) is 0. The molecule has 0 fully saturated rings. The van der Waals surface area contributed by atoms with Gasteiger partial charge in [0.15, 0.2) is 0 Å². The van der Waals surface area contributed by atoms with Crippen LogP contribution in [0.1, 0.15) is 0 Å². The predicted molar refractivity (Wildman–Crippen MR) is 69.5 cm³/mol. The molecular formula is C12H13LiO2Si. The minimum absolute atomic E-state index is 0. The Labute approximate surface area is 108 Å². The summed E-state index contributed by atoms with van der Waals surface area (Å²) in [5.41, 5.74) is 0. The molecule has 78 valence electrons. The second kappa shape index (κ2) is 5.49. The van der Waals surface area contributed by atoms with Crippen molar-refractivity contribution < 1.29 is 9.59 Å². The van der Waals surface area contributed by atoms with E-state index in [1.807, 2.05) is 36.4 Å². The Bertz CT molecular complexity index is 390. The van der Waals surface area contributed by atoms with Crippen molar-refractivity contribution in [2.75, 3.05) is 0 Å². The second-order valence-corrected chi connectivity index (χ2v) is 5.90. The quantitative estimate of drug-likeness (QED) is 0.680. The Morgan fingerprint density at radius 3 is 1.25 bits per heavy atom. The van der Waals surface area contributed by atoms with Crippen LogP contribution in [0.15, 0.2) is 60.7 Å². The van der Waals surface area contributed by atoms with Crippen LogP contribution in [-0.4, -0.2) is 37.0 Å². The van der Waals surface area contributed by atoms with Gasteiger partial charge in [0.1, 0.15) is 0 Å². The molecule has 0 atom stereocenters. The predicted octanol–water partition coefficient (Wildman–Crippen LogP) is -0.421. The van der Waals surface area contributed by atoms with Crippen molar-refractivity contribution in [3.8, 4) is 0 Å². The maximum absolute atomic E-state index is 10.2. The first-order valence-electron chi connectivity index (χ1n) is 4.77. The van der Waals surface area contributed by atoms with Crippen LogP contribution >= 0.6 is 0 Å². The van der Waals surface area contributed by atoms with Crippen LogP contribution in [0.4, 0.5) is 0 Å². The van der Waals surface area contributed by atoms with E-state index in [4.69, 9.17) is 0 Å². The monoisotopic (exact) mass is 224 g/mol. The van der Waals surface area contributed by atoms with Gasteiger partial charge in [-0.05, 0) is 10.4 Å². The number of hydrogen-bond acceptors (Lipinski definition) is 2. The summed E-state index contributed by atoms with van der Waals surface area (Å²) in [6.45, 7) is 0. The number of benzene rings is 2. The van der Waals surface area contributed by atoms with E-state index in [-0.39, 0.29) is 18.9 Å². The average Bonchev–Trinajstić information content (AvgIpc) is 2.31. The van der Waals surface area contributed by atoms with Gasteiger partial charge >= 0.3 is 27.4 Å². The van der Waals surface area contributed by atoms with Crippen molar-refractivity contribution >= 4 is 37.8 Å². The minimum atomic E-state index is -3.46. The molecule has 4 heteroatoms. The molecule has 16 heavy (non-hydrogen) atoms. The first-order chi connectivity index (χ1) is 7.21. The molecule has 2 N–H and O–H groups in total. The molecular weight excluding hydrogens is 211 g/mol. The molecule has 2 aromatic carbocycles. The third-order valence-corrected chi connectivity index (χ3v) is 4.63. The molecule has 0 aliphatic heterocycles. The Hall–Kier alpha value is -0.826. The Kier molecular flexibility index (Phi) is 4.54. The summed E-state index contributed by atoms with van der Waals surface area (Å²) in [6.07, 6.45) is 0. The van der Waals surface area contributed by atoms with Crippen LogP contribution in [0.3, 0.4) is 0 Å². The zero-order valence-corrected chi connectivity index (χ0v) is 9.17. The van der Waals surface area contributed by atoms with E-state index in [2.05, 4.69) is 0 Å². The van der Waals surface area contributed by atoms with E-state index in [1.165, 1.54) is 0 Å². The van der Waals surface area contributed by atoms with Gasteiger partial charge in [-0.15, -0.1) is 0 Å². The van der Waals surface area contributed by atoms with E-state index >= 15 is 0 Å². The van der Waals surface area contributed by atoms with Crippen molar-refractivity contribution in [3.05, 3.63) is 60.7 Å². The van der Waals surface area contributed by atoms with E-state index in [0.29, 0.717) is 10.4 Å². The molecule has 0 amide bonds. The Balaban J connectivity index is 0.00000128. The average molecular weight is 224 g/mol. The van der Waals surface area contributed by atoms with Crippen LogP contribution in [-0.2, 0) is 0 Å². The molecule has 0 aliphatic rings. The van der Waals surface area contributed by atoms with Crippen molar-refractivity contribution in [2.24, 2.45) is 0 Å². The van der Waals surface area contributed by atoms with Gasteiger partial charge in [-0.3, -0.25) is 0 Å². The van der Waals surface area contributed by atoms with Crippen molar-refractivity contribution in [2.45, 2.75) is 0 Å². The van der Waals surface area contributed by atoms with Gasteiger partial charge < -0.3 is 9.59 Å². The summed E-state index contributed by atoms with van der Waals surface area (Å²) in [4.78, 5) is 20.3. The van der Waals surface area contributed by atoms with Gasteiger partial charge in [-0.2, -0.15) is 0 Å². The molecule has 0 aromatic heterocycles. The summed E-state index contributed by atoms with van der Waals surface area (Å²) in [7, 11) is -3.46. The Morgan fingerprint density at radius 2 is 0.938 bits per heavy atom. The maximum atomic E-state index is 10.2. The molecule has 0 radical (unpaired) electrons. The number of hydrogen-bond donors (Lipinski definition) is 2. The van der Waals surface area contributed by atoms with Gasteiger partial charge in [0, 0.05) is 0 Å². The van der Waals surface area contributed by atoms with Gasteiger partial charge in [-0.25, -0.2) is 0 Å². The molecule has 0 bridgehead atoms. The first kappa shape index (κ1) is 13.2. The third-order valence-electron chi connectivity index (χ3n) is 2.35. The van der Waals surface area contributed by atoms with E-state index in [9.17, 15) is 9.59 Å². The number of rotatable bonds is 2. The van der Waals surface area contributed by atoms with Gasteiger partial charge in [0.05, 0.1) is 0 Å². The Morgan fingerprint density at radius 1 is 0.625 bits per heavy atom. The molecule has 0 saturated heterocycles. The standard InChI is InChI=1S/C12H12O2Si.Li.H/c13-15(14,11-7-3-1-4-8-11)12-9-5-2-6-10-12;;/h1-10,13-14H;;. The molecule has 2 aromatic rings. The van der Waals surface area contributed by atoms with Crippen LogP contribution in [0, 0.1) is 0 Å². The fourth-order valence-electron chi connectivity index (χ4n) is 1.51. The normalized spacial score (nSPS) is 10.6. The van der Waals surface area contributed by atoms with Crippen molar-refractivity contribution in [1.82, 2.24) is 0 Å². The topological polar surface area (TPSA) is 40.5 Å². The molecule has 0 aliphatic carbocycles. The van der Waals surface area contributed by atoms with E-state index in [0.717, 1.165) is 0 Å². The van der Waals surface area contributed by atoms with Crippen LogP contribution < -0.4 is 10.4 Å². The fourth-order valence-corrected chi connectivity index (χ4v) is 3.16. The van der Waals surface area contributed by atoms with Crippen molar-refractivity contribution in [3.63, 3.8) is 0 Å². The van der Waals surface area contributed by atoms with Crippen LogP contribution in [0.2, 0.25) is 0 Å². The molecule has 2 nitrogen and oxygen atoms in total. The summed E-state index contributed by atoms with van der Waals surface area (Å²) in [6, 6.07) is 18.0. The zero-order valence-electron chi connectivity index (χ0n) is 8.17. The van der Waals surface area contributed by atoms with Gasteiger partial charge in [0.25, 0.3) is 0 Å². The fraction of sp³-hybridized carbons (Fsp3) is 0. The summed E-state index contributed by atoms with van der Waals surface area (Å²) < 4.78 is 0. The van der Waals surface area contributed by atoms with E-state index in [1.54, 1.807) is 24.3 Å². The molecule has 0 unspecified atom stereocenters. The summed E-state index contributed by atoms with van der Waals surface area (Å²) in [5, 5.41) is 1.22. The summed E-state index contributed by atoms with van der Waals surface area (Å²) >= 11 is 0. The van der Waals surface area contributed by atoms with Crippen molar-refractivity contribution in [1.29, 1.82) is 0 Å². The molecule has 0 spiro atoms. The van der Waals surface area contributed by atoms with E-state index < -0.39 is 8.56 Å². The van der Waals surface area contributed by atoms with Crippen LogP contribution in [0.5, 0.6) is 0 Å². The van der Waals surface area contributed by atoms with Gasteiger partial charge in [0.2, 0.25) is 0 Å². The van der Waals surface area contributed by atoms with Crippen LogP contribution in [0.25, 0.3) is 0 Å². The zero-order chi connectivity index (χ0) is 10.7. The molecule has 0 heterocycles. The molecule has 0 saturated carbocycles.